The summed E-state index contributed by atoms with van der Waals surface area (Å²) in [6.07, 6.45) is 1.08. The number of nitrogens with zero attached hydrogens (tertiary/aromatic N) is 4. The van der Waals surface area contributed by atoms with Crippen molar-refractivity contribution in [3.63, 3.8) is 0 Å². The molecule has 0 radical (unpaired) electrons. The van der Waals surface area contributed by atoms with E-state index >= 15 is 0 Å². The van der Waals surface area contributed by atoms with Gasteiger partial charge in [-0.15, -0.1) is 0 Å². The Labute approximate surface area is 129 Å². The number of para-hydroxylation sites is 1. The molecule has 0 atom stereocenters. The zero-order valence-electron chi connectivity index (χ0n) is 11.5. The molecule has 0 unspecified atom stereocenters. The molecule has 110 valence electrons. The number of halogens is 2. The number of aromatic nitrogens is 2. The van der Waals surface area contributed by atoms with Gasteiger partial charge < -0.3 is 5.32 Å². The van der Waals surface area contributed by atoms with Crippen molar-refractivity contribution in [2.75, 3.05) is 5.32 Å². The number of hydrogen-bond donors (Lipinski definition) is 1. The van der Waals surface area contributed by atoms with Crippen LogP contribution in [0.5, 0.6) is 0 Å². The minimum absolute atomic E-state index is 0.135. The summed E-state index contributed by atoms with van der Waals surface area (Å²) in [5.74, 6) is -2.20. The third-order valence-electron chi connectivity index (χ3n) is 3.15. The highest BCUT2D eigenvalue weighted by Gasteiger charge is 2.11. The van der Waals surface area contributed by atoms with Crippen LogP contribution in [0.2, 0.25) is 0 Å². The average Bonchev–Trinajstić information content (AvgIpc) is 2.57. The monoisotopic (exact) mass is 307 g/mol. The quantitative estimate of drug-likeness (QED) is 0.733. The van der Waals surface area contributed by atoms with E-state index in [1.165, 1.54) is 0 Å². The number of anilines is 2. The van der Waals surface area contributed by atoms with Crippen molar-refractivity contribution >= 4 is 22.4 Å². The number of nitrogens with one attached hydrogen (secondary N) is 1. The van der Waals surface area contributed by atoms with E-state index in [2.05, 4.69) is 15.3 Å². The third kappa shape index (κ3) is 2.63. The summed E-state index contributed by atoms with van der Waals surface area (Å²) >= 11 is 0. The molecule has 0 saturated carbocycles. The van der Waals surface area contributed by atoms with Crippen LogP contribution in [0, 0.1) is 34.4 Å². The standard InChI is InChI=1S/C16H7F2N5/c17-13-5-12(8-21-15(13)18)22-16-11(7-20)4-9-2-1-3-10(6-19)14(9)23-16/h1-5,8H,(H,22,23). The smallest absolute Gasteiger partial charge is 0.249 e. The fraction of sp³-hybridized carbons (Fsp3) is 0. The highest BCUT2D eigenvalue weighted by atomic mass is 19.2. The van der Waals surface area contributed by atoms with Crippen LogP contribution in [0.1, 0.15) is 11.1 Å². The lowest BCUT2D eigenvalue weighted by Gasteiger charge is -2.09. The molecule has 0 aliphatic rings. The summed E-state index contributed by atoms with van der Waals surface area (Å²) in [6, 6.07) is 11.5. The van der Waals surface area contributed by atoms with Gasteiger partial charge in [0, 0.05) is 11.5 Å². The van der Waals surface area contributed by atoms with Gasteiger partial charge in [-0.2, -0.15) is 14.9 Å². The Kier molecular flexibility index (Phi) is 3.54. The Morgan fingerprint density at radius 2 is 1.83 bits per heavy atom. The Hall–Kier alpha value is -3.58. The lowest BCUT2D eigenvalue weighted by molar-refractivity contribution is 0.480. The van der Waals surface area contributed by atoms with E-state index in [0.29, 0.717) is 16.5 Å². The average molecular weight is 307 g/mol. The molecule has 1 aromatic carbocycles. The number of benzene rings is 1. The van der Waals surface area contributed by atoms with Crippen LogP contribution in [-0.4, -0.2) is 9.97 Å². The van der Waals surface area contributed by atoms with E-state index in [0.717, 1.165) is 12.3 Å². The minimum atomic E-state index is -1.21. The van der Waals surface area contributed by atoms with Gasteiger partial charge in [0.25, 0.3) is 0 Å². The van der Waals surface area contributed by atoms with Gasteiger partial charge in [-0.3, -0.25) is 0 Å². The van der Waals surface area contributed by atoms with Crippen molar-refractivity contribution in [2.45, 2.75) is 0 Å². The summed E-state index contributed by atoms with van der Waals surface area (Å²) in [6.45, 7) is 0. The van der Waals surface area contributed by atoms with Crippen LogP contribution in [-0.2, 0) is 0 Å². The maximum absolute atomic E-state index is 13.2. The van der Waals surface area contributed by atoms with Gasteiger partial charge >= 0.3 is 0 Å². The van der Waals surface area contributed by atoms with Crippen LogP contribution in [0.4, 0.5) is 20.3 Å². The minimum Gasteiger partial charge on any atom is -0.338 e. The van der Waals surface area contributed by atoms with E-state index in [-0.39, 0.29) is 17.1 Å². The van der Waals surface area contributed by atoms with Crippen molar-refractivity contribution < 1.29 is 8.78 Å². The number of nitriles is 2. The largest absolute Gasteiger partial charge is 0.338 e. The molecule has 0 bridgehead atoms. The first-order valence-electron chi connectivity index (χ1n) is 6.44. The molecule has 0 aliphatic heterocycles. The van der Waals surface area contributed by atoms with Gasteiger partial charge in [0.05, 0.1) is 28.5 Å². The second-order valence-corrected chi connectivity index (χ2v) is 4.61. The molecule has 0 saturated heterocycles. The SMILES string of the molecule is N#Cc1cc2cccc(C#N)c2nc1Nc1cnc(F)c(F)c1. The molecule has 3 aromatic rings. The first kappa shape index (κ1) is 14.4. The summed E-state index contributed by atoms with van der Waals surface area (Å²) < 4.78 is 26.1. The third-order valence-corrected chi connectivity index (χ3v) is 3.15. The number of pyridine rings is 2. The second kappa shape index (κ2) is 5.66. The van der Waals surface area contributed by atoms with Crippen molar-refractivity contribution in [3.8, 4) is 12.1 Å². The fourth-order valence-electron chi connectivity index (χ4n) is 2.10. The summed E-state index contributed by atoms with van der Waals surface area (Å²) in [5.41, 5.74) is 1.10. The van der Waals surface area contributed by atoms with Crippen LogP contribution in [0.15, 0.2) is 36.5 Å². The predicted octanol–water partition coefficient (Wildman–Crippen LogP) is 3.39. The van der Waals surface area contributed by atoms with Crippen molar-refractivity contribution in [3.05, 3.63) is 59.4 Å². The molecule has 0 fully saturated rings. The summed E-state index contributed by atoms with van der Waals surface area (Å²) in [7, 11) is 0. The molecule has 0 spiro atoms. The topological polar surface area (TPSA) is 85.4 Å². The van der Waals surface area contributed by atoms with Gasteiger partial charge in [0.1, 0.15) is 18.0 Å². The molecule has 2 aromatic heterocycles. The Morgan fingerprint density at radius 1 is 1.04 bits per heavy atom. The van der Waals surface area contributed by atoms with Crippen molar-refractivity contribution in [1.82, 2.24) is 9.97 Å². The predicted molar refractivity (Wildman–Crippen MR) is 78.6 cm³/mol. The van der Waals surface area contributed by atoms with E-state index in [4.69, 9.17) is 5.26 Å². The van der Waals surface area contributed by atoms with Gasteiger partial charge in [0.2, 0.25) is 5.95 Å². The molecule has 1 N–H and O–H groups in total. The van der Waals surface area contributed by atoms with E-state index in [1.54, 1.807) is 24.3 Å². The van der Waals surface area contributed by atoms with Crippen LogP contribution >= 0.6 is 0 Å². The van der Waals surface area contributed by atoms with Crippen LogP contribution < -0.4 is 5.32 Å². The lowest BCUT2D eigenvalue weighted by Crippen LogP contribution is -2.00. The summed E-state index contributed by atoms with van der Waals surface area (Å²) in [4.78, 5) is 7.52. The normalized spacial score (nSPS) is 10.1. The zero-order chi connectivity index (χ0) is 16.4. The number of hydrogen-bond acceptors (Lipinski definition) is 5. The molecule has 5 nitrogen and oxygen atoms in total. The zero-order valence-corrected chi connectivity index (χ0v) is 11.5. The molecule has 7 heteroatoms. The number of rotatable bonds is 2. The fourth-order valence-corrected chi connectivity index (χ4v) is 2.10. The lowest BCUT2D eigenvalue weighted by atomic mass is 10.1. The van der Waals surface area contributed by atoms with Crippen LogP contribution in [0.25, 0.3) is 10.9 Å². The number of fused-ring (bicyclic) bond motifs is 1. The first-order valence-corrected chi connectivity index (χ1v) is 6.44. The maximum Gasteiger partial charge on any atom is 0.249 e. The van der Waals surface area contributed by atoms with Crippen molar-refractivity contribution in [2.24, 2.45) is 0 Å². The molecule has 23 heavy (non-hydrogen) atoms. The van der Waals surface area contributed by atoms with Crippen LogP contribution in [0.3, 0.4) is 0 Å². The Morgan fingerprint density at radius 3 is 2.52 bits per heavy atom. The van der Waals surface area contributed by atoms with Gasteiger partial charge in [-0.25, -0.2) is 14.4 Å². The maximum atomic E-state index is 13.2. The second-order valence-electron chi connectivity index (χ2n) is 4.61. The first-order chi connectivity index (χ1) is 11.1. The molecule has 0 aliphatic carbocycles. The highest BCUT2D eigenvalue weighted by Crippen LogP contribution is 2.25. The molecular formula is C16H7F2N5. The Bertz CT molecular complexity index is 1000. The van der Waals surface area contributed by atoms with E-state index in [1.807, 2.05) is 12.1 Å². The molecule has 2 heterocycles. The summed E-state index contributed by atoms with van der Waals surface area (Å²) in [5, 5.41) is 21.7. The van der Waals surface area contributed by atoms with E-state index in [9.17, 15) is 14.0 Å². The molecular weight excluding hydrogens is 300 g/mol. The van der Waals surface area contributed by atoms with Gasteiger partial charge in [-0.05, 0) is 12.1 Å². The molecule has 0 amide bonds. The molecule has 3 rings (SSSR count). The van der Waals surface area contributed by atoms with E-state index < -0.39 is 11.8 Å². The van der Waals surface area contributed by atoms with Crippen molar-refractivity contribution in [1.29, 1.82) is 10.5 Å². The van der Waals surface area contributed by atoms with Gasteiger partial charge in [0.15, 0.2) is 5.82 Å². The Balaban J connectivity index is 2.14. The van der Waals surface area contributed by atoms with Gasteiger partial charge in [-0.1, -0.05) is 12.1 Å². The highest BCUT2D eigenvalue weighted by molar-refractivity contribution is 5.88.